The van der Waals surface area contributed by atoms with Gasteiger partial charge in [0.15, 0.2) is 0 Å². The molecule has 0 aliphatic heterocycles. The van der Waals surface area contributed by atoms with Crippen LogP contribution in [0.5, 0.6) is 0 Å². The number of nitrogens with zero attached hydrogens (tertiary/aromatic N) is 2. The van der Waals surface area contributed by atoms with Gasteiger partial charge in [-0.25, -0.2) is 0 Å². The molecule has 0 saturated carbocycles. The third-order valence-electron chi connectivity index (χ3n) is 15.6. The van der Waals surface area contributed by atoms with Crippen LogP contribution in [0, 0.1) is 0 Å². The first-order valence-electron chi connectivity index (χ1n) is 27.5. The first kappa shape index (κ1) is 47.9. The molecule has 0 aromatic heterocycles. The summed E-state index contributed by atoms with van der Waals surface area (Å²) < 4.78 is 0. The van der Waals surface area contributed by atoms with Crippen LogP contribution in [0.1, 0.15) is 11.1 Å². The molecule has 0 N–H and O–H groups in total. The van der Waals surface area contributed by atoms with Gasteiger partial charge in [0.25, 0.3) is 0 Å². The number of rotatable bonds is 12. The number of anilines is 6. The summed E-state index contributed by atoms with van der Waals surface area (Å²) in [5, 5.41) is 9.86. The molecule has 14 aromatic rings. The Kier molecular flexibility index (Phi) is 12.6. The Morgan fingerprint density at radius 2 is 0.425 bits per heavy atom. The summed E-state index contributed by atoms with van der Waals surface area (Å²) in [5.74, 6) is 0. The summed E-state index contributed by atoms with van der Waals surface area (Å²) in [5.41, 5.74) is 18.5. The van der Waals surface area contributed by atoms with Crippen LogP contribution in [0.3, 0.4) is 0 Å². The summed E-state index contributed by atoms with van der Waals surface area (Å²) in [6.45, 7) is 0. The predicted molar refractivity (Wildman–Crippen MR) is 343 cm³/mol. The van der Waals surface area contributed by atoms with Crippen molar-refractivity contribution >= 4 is 89.4 Å². The molecule has 0 fully saturated rings. The van der Waals surface area contributed by atoms with Gasteiger partial charge in [0, 0.05) is 33.5 Å². The van der Waals surface area contributed by atoms with Crippen LogP contribution < -0.4 is 9.80 Å². The molecule has 2 nitrogen and oxygen atoms in total. The van der Waals surface area contributed by atoms with Gasteiger partial charge in [-0.3, -0.25) is 0 Å². The summed E-state index contributed by atoms with van der Waals surface area (Å²) in [4.78, 5) is 4.81. The van der Waals surface area contributed by atoms with Gasteiger partial charge in [-0.05, 0) is 149 Å². The van der Waals surface area contributed by atoms with Gasteiger partial charge in [-0.1, -0.05) is 267 Å². The van der Waals surface area contributed by atoms with Crippen molar-refractivity contribution in [3.8, 4) is 44.5 Å². The zero-order valence-electron chi connectivity index (χ0n) is 44.1. The van der Waals surface area contributed by atoms with E-state index in [1.165, 1.54) is 87.6 Å². The van der Waals surface area contributed by atoms with Crippen LogP contribution in [-0.2, 0) is 0 Å². The second kappa shape index (κ2) is 21.1. The summed E-state index contributed by atoms with van der Waals surface area (Å²) in [6.07, 6.45) is 4.39. The summed E-state index contributed by atoms with van der Waals surface area (Å²) in [7, 11) is 0. The van der Waals surface area contributed by atoms with Crippen molar-refractivity contribution in [3.05, 3.63) is 327 Å². The summed E-state index contributed by atoms with van der Waals surface area (Å²) >= 11 is 0. The Labute approximate surface area is 467 Å². The van der Waals surface area contributed by atoms with Crippen molar-refractivity contribution in [3.63, 3.8) is 0 Å². The minimum Gasteiger partial charge on any atom is -0.310 e. The van der Waals surface area contributed by atoms with Crippen molar-refractivity contribution < 1.29 is 0 Å². The van der Waals surface area contributed by atoms with Crippen molar-refractivity contribution in [2.24, 2.45) is 0 Å². The maximum Gasteiger partial charge on any atom is 0.0546 e. The number of hydrogen-bond acceptors (Lipinski definition) is 2. The van der Waals surface area contributed by atoms with E-state index in [9.17, 15) is 0 Å². The molecule has 0 heterocycles. The molecule has 376 valence electrons. The fourth-order valence-corrected chi connectivity index (χ4v) is 11.5. The van der Waals surface area contributed by atoms with Gasteiger partial charge in [0.2, 0.25) is 0 Å². The molecule has 0 saturated heterocycles. The van der Waals surface area contributed by atoms with Crippen molar-refractivity contribution in [2.45, 2.75) is 0 Å². The Balaban J connectivity index is 0.707. The predicted octanol–water partition coefficient (Wildman–Crippen LogP) is 22.1. The molecule has 0 aliphatic rings. The lowest BCUT2D eigenvalue weighted by molar-refractivity contribution is 1.30. The first-order chi connectivity index (χ1) is 39.6. The minimum atomic E-state index is 1.10. The SMILES string of the molecule is C(=C\c1ccc(-c2ccc(N(c3ccc(-c4ccccc4)cc3)c3cc4ccccc4c4ccccc34)cc2)cc1)/c1ccc(-c2ccc(N(c3ccc(-c4ccccc4)cc3)c3cc4ccccc4c4ccccc34)cc2)cc1. The minimum absolute atomic E-state index is 1.10. The standard InChI is InChI=1S/C78H54N2/c1-3-15-57(16-4-1)61-37-45-67(46-38-61)79(77-53-65-19-7-9-21-71(65)73-23-11-13-25-75(73)77)69-49-41-63(42-50-69)59-33-29-55(30-34-59)27-28-56-31-35-60(36-32-56)64-43-51-70(52-44-64)80(68-47-39-62(40-48-68)58-17-5-2-6-18-58)78-54-66-20-8-10-22-72(66)74-24-12-14-26-76(74)78/h1-54H/b28-27+. The van der Waals surface area contributed by atoms with Gasteiger partial charge in [0.05, 0.1) is 11.4 Å². The Morgan fingerprint density at radius 1 is 0.188 bits per heavy atom. The highest BCUT2D eigenvalue weighted by molar-refractivity contribution is 6.16. The lowest BCUT2D eigenvalue weighted by Crippen LogP contribution is -2.10. The zero-order valence-corrected chi connectivity index (χ0v) is 44.1. The molecular formula is C78H54N2. The van der Waals surface area contributed by atoms with E-state index >= 15 is 0 Å². The van der Waals surface area contributed by atoms with E-state index in [1.54, 1.807) is 0 Å². The van der Waals surface area contributed by atoms with Crippen LogP contribution >= 0.6 is 0 Å². The number of benzene rings is 14. The van der Waals surface area contributed by atoms with Crippen LogP contribution in [0.4, 0.5) is 34.1 Å². The van der Waals surface area contributed by atoms with E-state index < -0.39 is 0 Å². The highest BCUT2D eigenvalue weighted by Crippen LogP contribution is 2.45. The molecule has 80 heavy (non-hydrogen) atoms. The molecule has 0 unspecified atom stereocenters. The Hall–Kier alpha value is -10.5. The molecule has 0 aliphatic carbocycles. The topological polar surface area (TPSA) is 6.48 Å². The van der Waals surface area contributed by atoms with E-state index in [0.717, 1.165) is 45.3 Å². The van der Waals surface area contributed by atoms with Gasteiger partial charge >= 0.3 is 0 Å². The maximum absolute atomic E-state index is 2.40. The van der Waals surface area contributed by atoms with Crippen molar-refractivity contribution in [1.82, 2.24) is 0 Å². The van der Waals surface area contributed by atoms with Gasteiger partial charge < -0.3 is 9.80 Å². The van der Waals surface area contributed by atoms with Crippen LogP contribution in [0.2, 0.25) is 0 Å². The first-order valence-corrected chi connectivity index (χ1v) is 27.5. The molecular weight excluding hydrogens is 965 g/mol. The van der Waals surface area contributed by atoms with Crippen LogP contribution in [-0.4, -0.2) is 0 Å². The van der Waals surface area contributed by atoms with E-state index in [0.29, 0.717) is 0 Å². The molecule has 0 radical (unpaired) electrons. The largest absolute Gasteiger partial charge is 0.310 e. The van der Waals surface area contributed by atoms with E-state index in [2.05, 4.69) is 337 Å². The lowest BCUT2D eigenvalue weighted by atomic mass is 9.98. The zero-order chi connectivity index (χ0) is 53.2. The fraction of sp³-hybridized carbons (Fsp3) is 0. The Bertz CT molecular complexity index is 4210. The maximum atomic E-state index is 2.40. The molecule has 14 rings (SSSR count). The third kappa shape index (κ3) is 9.36. The van der Waals surface area contributed by atoms with Crippen molar-refractivity contribution in [1.29, 1.82) is 0 Å². The third-order valence-corrected chi connectivity index (χ3v) is 15.6. The van der Waals surface area contributed by atoms with Gasteiger partial charge in [-0.15, -0.1) is 0 Å². The van der Waals surface area contributed by atoms with Crippen LogP contribution in [0.25, 0.3) is 99.7 Å². The van der Waals surface area contributed by atoms with E-state index in [4.69, 9.17) is 0 Å². The average Bonchev–Trinajstić information content (AvgIpc) is 3.57. The summed E-state index contributed by atoms with van der Waals surface area (Å²) in [6, 6.07) is 114. The average molecular weight is 1020 g/mol. The normalized spacial score (nSPS) is 11.4. The molecule has 14 aromatic carbocycles. The van der Waals surface area contributed by atoms with Gasteiger partial charge in [-0.2, -0.15) is 0 Å². The van der Waals surface area contributed by atoms with Crippen LogP contribution in [0.15, 0.2) is 315 Å². The second-order valence-electron chi connectivity index (χ2n) is 20.5. The lowest BCUT2D eigenvalue weighted by Gasteiger charge is -2.28. The highest BCUT2D eigenvalue weighted by atomic mass is 15.1. The Morgan fingerprint density at radius 3 is 0.738 bits per heavy atom. The quantitative estimate of drug-likeness (QED) is 0.0889. The molecule has 0 bridgehead atoms. The van der Waals surface area contributed by atoms with Gasteiger partial charge in [0.1, 0.15) is 0 Å². The number of hydrogen-bond donors (Lipinski definition) is 0. The van der Waals surface area contributed by atoms with Crippen molar-refractivity contribution in [2.75, 3.05) is 9.80 Å². The molecule has 0 amide bonds. The fourth-order valence-electron chi connectivity index (χ4n) is 11.5. The van der Waals surface area contributed by atoms with E-state index in [-0.39, 0.29) is 0 Å². The monoisotopic (exact) mass is 1020 g/mol. The number of fused-ring (bicyclic) bond motifs is 6. The highest BCUT2D eigenvalue weighted by Gasteiger charge is 2.20. The second-order valence-corrected chi connectivity index (χ2v) is 20.5. The molecule has 0 atom stereocenters. The molecule has 2 heteroatoms. The molecule has 0 spiro atoms. The smallest absolute Gasteiger partial charge is 0.0546 e. The van der Waals surface area contributed by atoms with E-state index in [1.807, 2.05) is 0 Å².